The second kappa shape index (κ2) is 12.9. The molecule has 0 aliphatic carbocycles. The molecule has 0 radical (unpaired) electrons. The fraction of sp³-hybridized carbons (Fsp3) is 0.455. The molecule has 0 aliphatic rings. The summed E-state index contributed by atoms with van der Waals surface area (Å²) in [5.74, 6) is -0.453. The van der Waals surface area contributed by atoms with Crippen molar-refractivity contribution in [3.63, 3.8) is 0 Å². The van der Waals surface area contributed by atoms with Crippen LogP contribution in [0.1, 0.15) is 36.9 Å². The van der Waals surface area contributed by atoms with Crippen LogP contribution in [-0.2, 0) is 11.3 Å². The Balaban J connectivity index is 1.67. The number of aryl methyl sites for hydroxylation is 1. The van der Waals surface area contributed by atoms with Crippen LogP contribution in [0.15, 0.2) is 17.1 Å². The van der Waals surface area contributed by atoms with Gasteiger partial charge in [0.1, 0.15) is 22.3 Å². The highest BCUT2D eigenvalue weighted by atomic mass is 35.5. The lowest BCUT2D eigenvalue weighted by molar-refractivity contribution is 0.143. The molecule has 11 heteroatoms. The van der Waals surface area contributed by atoms with E-state index < -0.39 is 22.8 Å². The number of halogens is 3. The van der Waals surface area contributed by atoms with E-state index in [2.05, 4.69) is 25.6 Å². The Morgan fingerprint density at radius 3 is 2.70 bits per heavy atom. The number of hydrogen-bond donors (Lipinski definition) is 2. The van der Waals surface area contributed by atoms with E-state index in [1.54, 1.807) is 7.05 Å². The number of nitrogens with one attached hydrogen (secondary N) is 2. The number of unbranched alkanes of at least 4 members (excludes halogenated alkanes) is 3. The van der Waals surface area contributed by atoms with E-state index in [4.69, 9.17) is 16.3 Å². The van der Waals surface area contributed by atoms with Gasteiger partial charge < -0.3 is 20.3 Å². The maximum absolute atomic E-state index is 13.8. The van der Waals surface area contributed by atoms with Crippen LogP contribution in [0.2, 0.25) is 5.02 Å². The van der Waals surface area contributed by atoms with Crippen LogP contribution in [0.5, 0.6) is 0 Å². The first-order valence-corrected chi connectivity index (χ1v) is 10.9. The summed E-state index contributed by atoms with van der Waals surface area (Å²) in [5, 5.41) is 4.87. The largest absolute Gasteiger partial charge is 0.450 e. The molecule has 8 nitrogen and oxygen atoms in total. The third-order valence-electron chi connectivity index (χ3n) is 4.65. The molecule has 1 aromatic heterocycles. The lowest BCUT2D eigenvalue weighted by atomic mass is 10.2. The van der Waals surface area contributed by atoms with Crippen LogP contribution in [0.25, 0.3) is 0 Å². The number of amides is 1. The van der Waals surface area contributed by atoms with Gasteiger partial charge in [-0.1, -0.05) is 17.7 Å². The van der Waals surface area contributed by atoms with Gasteiger partial charge in [-0.05, 0) is 38.7 Å². The fourth-order valence-corrected chi connectivity index (χ4v) is 3.02. The molecule has 0 spiro atoms. The van der Waals surface area contributed by atoms with Crippen LogP contribution in [0.3, 0.4) is 0 Å². The molecule has 1 heterocycles. The first kappa shape index (κ1) is 26.2. The summed E-state index contributed by atoms with van der Waals surface area (Å²) >= 11 is 5.51. The van der Waals surface area contributed by atoms with Crippen LogP contribution < -0.4 is 15.5 Å². The normalized spacial score (nSPS) is 11.0. The second-order valence-electron chi connectivity index (χ2n) is 7.44. The molecule has 1 aromatic carbocycles. The predicted molar refractivity (Wildman–Crippen MR) is 127 cm³/mol. The molecule has 0 fully saturated rings. The number of anilines is 2. The van der Waals surface area contributed by atoms with E-state index in [9.17, 15) is 13.6 Å². The highest BCUT2D eigenvalue weighted by Crippen LogP contribution is 2.27. The molecule has 180 valence electrons. The molecule has 0 saturated carbocycles. The van der Waals surface area contributed by atoms with Crippen molar-refractivity contribution in [1.82, 2.24) is 15.3 Å². The van der Waals surface area contributed by atoms with E-state index in [1.807, 2.05) is 32.1 Å². The minimum absolute atomic E-state index is 0.0797. The number of alkyl carbamates (subject to hydrolysis) is 1. The molecule has 2 aromatic rings. The summed E-state index contributed by atoms with van der Waals surface area (Å²) in [5.41, 5.74) is 1.58. The van der Waals surface area contributed by atoms with Gasteiger partial charge in [-0.3, -0.25) is 4.99 Å². The molecule has 0 bridgehead atoms. The van der Waals surface area contributed by atoms with E-state index in [-0.39, 0.29) is 18.7 Å². The van der Waals surface area contributed by atoms with Crippen LogP contribution in [-0.4, -0.2) is 50.0 Å². The van der Waals surface area contributed by atoms with E-state index in [0.29, 0.717) is 23.9 Å². The minimum atomic E-state index is -0.893. The molecule has 1 amide bonds. The summed E-state index contributed by atoms with van der Waals surface area (Å²) < 4.78 is 32.0. The number of carbonyl (C=O) groups is 1. The second-order valence-corrected chi connectivity index (χ2v) is 7.81. The van der Waals surface area contributed by atoms with Gasteiger partial charge in [-0.25, -0.2) is 18.6 Å². The monoisotopic (exact) mass is 482 g/mol. The van der Waals surface area contributed by atoms with Crippen molar-refractivity contribution in [2.45, 2.75) is 39.2 Å². The first-order valence-electron chi connectivity index (χ1n) is 10.5. The molecule has 0 saturated heterocycles. The summed E-state index contributed by atoms with van der Waals surface area (Å²) in [6.45, 7) is 1.98. The Morgan fingerprint density at radius 2 is 2.00 bits per heavy atom. The van der Waals surface area contributed by atoms with Gasteiger partial charge >= 0.3 is 6.09 Å². The zero-order chi connectivity index (χ0) is 24.4. The predicted octanol–water partition coefficient (Wildman–Crippen LogP) is 5.01. The third-order valence-corrected chi connectivity index (χ3v) is 5.00. The van der Waals surface area contributed by atoms with Crippen molar-refractivity contribution in [2.24, 2.45) is 4.99 Å². The van der Waals surface area contributed by atoms with Gasteiger partial charge in [-0.15, -0.1) is 0 Å². The van der Waals surface area contributed by atoms with Gasteiger partial charge in [0.15, 0.2) is 5.82 Å². The standard InChI is InChI=1S/C22H29ClF2N6O2/c1-14-19(20(26-2)30-21(29-14)31(3)4)27-11-7-5-6-8-12-33-22(32)28-13-15-9-10-16(24)17(23)18(15)25/h9-11H,5-8,12-13H2,1-4H3,(H,28,32)(H,26,29,30)/b27-11-. The lowest BCUT2D eigenvalue weighted by Gasteiger charge is -2.14. The van der Waals surface area contributed by atoms with Crippen LogP contribution in [0.4, 0.5) is 31.0 Å². The molecule has 0 aliphatic heterocycles. The number of ether oxygens (including phenoxy) is 1. The summed E-state index contributed by atoms with van der Waals surface area (Å²) in [6, 6.07) is 2.27. The van der Waals surface area contributed by atoms with E-state index in [1.165, 1.54) is 6.07 Å². The molecule has 33 heavy (non-hydrogen) atoms. The van der Waals surface area contributed by atoms with Gasteiger partial charge in [0.25, 0.3) is 0 Å². The van der Waals surface area contributed by atoms with Crippen molar-refractivity contribution in [3.8, 4) is 0 Å². The maximum atomic E-state index is 13.8. The molecule has 2 N–H and O–H groups in total. The smallest absolute Gasteiger partial charge is 0.407 e. The van der Waals surface area contributed by atoms with Crippen molar-refractivity contribution < 1.29 is 18.3 Å². The quantitative estimate of drug-likeness (QED) is 0.265. The first-order chi connectivity index (χ1) is 15.7. The fourth-order valence-electron chi connectivity index (χ4n) is 2.84. The Hall–Kier alpha value is -3.01. The molecule has 2 rings (SSSR count). The Kier molecular flexibility index (Phi) is 10.2. The topological polar surface area (TPSA) is 91.7 Å². The molecule has 0 unspecified atom stereocenters. The SMILES string of the molecule is CNc1nc(N(C)C)nc(C)c1/N=C\CCCCCOC(=O)NCc1ccc(F)c(Cl)c1F. The zero-order valence-corrected chi connectivity index (χ0v) is 20.0. The van der Waals surface area contributed by atoms with Gasteiger partial charge in [0.05, 0.1) is 12.3 Å². The maximum Gasteiger partial charge on any atom is 0.407 e. The molecular weight excluding hydrogens is 454 g/mol. The Morgan fingerprint density at radius 1 is 1.24 bits per heavy atom. The zero-order valence-electron chi connectivity index (χ0n) is 19.2. The van der Waals surface area contributed by atoms with Gasteiger partial charge in [-0.2, -0.15) is 4.98 Å². The van der Waals surface area contributed by atoms with E-state index in [0.717, 1.165) is 31.0 Å². The van der Waals surface area contributed by atoms with Gasteiger partial charge in [0, 0.05) is 39.5 Å². The number of nitrogens with zero attached hydrogens (tertiary/aromatic N) is 4. The highest BCUT2D eigenvalue weighted by Gasteiger charge is 2.13. The van der Waals surface area contributed by atoms with Crippen molar-refractivity contribution in [2.75, 3.05) is 38.0 Å². The number of rotatable bonds is 11. The van der Waals surface area contributed by atoms with Crippen LogP contribution in [0, 0.1) is 18.6 Å². The number of carbonyl (C=O) groups excluding carboxylic acids is 1. The Bertz CT molecular complexity index is 988. The van der Waals surface area contributed by atoms with Crippen LogP contribution >= 0.6 is 11.6 Å². The molecular formula is C22H29ClF2N6O2. The number of aliphatic imine (C=N–C) groups is 1. The van der Waals surface area contributed by atoms with Crippen molar-refractivity contribution in [1.29, 1.82) is 0 Å². The minimum Gasteiger partial charge on any atom is -0.450 e. The lowest BCUT2D eigenvalue weighted by Crippen LogP contribution is -2.24. The molecule has 0 atom stereocenters. The Labute approximate surface area is 197 Å². The summed E-state index contributed by atoms with van der Waals surface area (Å²) in [6.07, 6.45) is 4.31. The van der Waals surface area contributed by atoms with E-state index >= 15 is 0 Å². The third kappa shape index (κ3) is 7.81. The summed E-state index contributed by atoms with van der Waals surface area (Å²) in [4.78, 5) is 27.0. The average molecular weight is 483 g/mol. The average Bonchev–Trinajstić information content (AvgIpc) is 2.79. The van der Waals surface area contributed by atoms with Crippen molar-refractivity contribution >= 4 is 41.4 Å². The number of hydrogen-bond acceptors (Lipinski definition) is 7. The number of aromatic nitrogens is 2. The number of benzene rings is 1. The summed E-state index contributed by atoms with van der Waals surface area (Å²) in [7, 11) is 5.56. The van der Waals surface area contributed by atoms with Gasteiger partial charge in [0.2, 0.25) is 5.95 Å². The highest BCUT2D eigenvalue weighted by molar-refractivity contribution is 6.30. The van der Waals surface area contributed by atoms with Crippen molar-refractivity contribution in [3.05, 3.63) is 40.0 Å².